The van der Waals surface area contributed by atoms with Crippen molar-refractivity contribution in [2.75, 3.05) is 32.7 Å². The zero-order valence-corrected chi connectivity index (χ0v) is 11.3. The lowest BCUT2D eigenvalue weighted by molar-refractivity contribution is -0.120. The highest BCUT2D eigenvalue weighted by Gasteiger charge is 2.14. The first-order valence-corrected chi connectivity index (χ1v) is 6.94. The third-order valence-corrected chi connectivity index (χ3v) is 3.19. The summed E-state index contributed by atoms with van der Waals surface area (Å²) in [7, 11) is 0. The average molecular weight is 241 g/mol. The summed E-state index contributed by atoms with van der Waals surface area (Å²) in [5.41, 5.74) is 0. The van der Waals surface area contributed by atoms with Crippen LogP contribution in [0, 0.1) is 0 Å². The Morgan fingerprint density at radius 2 is 2.06 bits per heavy atom. The summed E-state index contributed by atoms with van der Waals surface area (Å²) < 4.78 is 0. The van der Waals surface area contributed by atoms with Crippen molar-refractivity contribution >= 4 is 5.91 Å². The molecule has 0 bridgehead atoms. The highest BCUT2D eigenvalue weighted by atomic mass is 16.1. The van der Waals surface area contributed by atoms with Crippen LogP contribution in [0.2, 0.25) is 0 Å². The number of rotatable bonds is 8. The smallest absolute Gasteiger partial charge is 0.233 e. The molecule has 1 fully saturated rings. The number of hydrogen-bond acceptors (Lipinski definition) is 3. The number of hydrogen-bond donors (Lipinski definition) is 2. The van der Waals surface area contributed by atoms with Gasteiger partial charge in [0.05, 0.1) is 6.54 Å². The molecule has 0 radical (unpaired) electrons. The van der Waals surface area contributed by atoms with Crippen molar-refractivity contribution < 1.29 is 4.79 Å². The van der Waals surface area contributed by atoms with Crippen LogP contribution in [0.5, 0.6) is 0 Å². The molecule has 1 unspecified atom stereocenters. The van der Waals surface area contributed by atoms with Crippen molar-refractivity contribution in [2.24, 2.45) is 0 Å². The van der Waals surface area contributed by atoms with Gasteiger partial charge in [0.1, 0.15) is 0 Å². The Kier molecular flexibility index (Phi) is 7.21. The van der Waals surface area contributed by atoms with E-state index in [2.05, 4.69) is 29.4 Å². The summed E-state index contributed by atoms with van der Waals surface area (Å²) in [6.07, 6.45) is 4.84. The lowest BCUT2D eigenvalue weighted by Gasteiger charge is -2.21. The van der Waals surface area contributed by atoms with Gasteiger partial charge in [-0.05, 0) is 39.3 Å². The summed E-state index contributed by atoms with van der Waals surface area (Å²) in [6.45, 7) is 9.02. The lowest BCUT2D eigenvalue weighted by atomic mass is 10.3. The summed E-state index contributed by atoms with van der Waals surface area (Å²) >= 11 is 0. The standard InChI is InChI=1S/C13H27N3O/c1-3-4-7-14-13(17)10-15-12(2)11-16-8-5-6-9-16/h12,15H,3-11H2,1-2H3,(H,14,17). The van der Waals surface area contributed by atoms with Gasteiger partial charge in [-0.3, -0.25) is 4.79 Å². The molecule has 1 amide bonds. The normalized spacial score (nSPS) is 18.2. The van der Waals surface area contributed by atoms with Gasteiger partial charge >= 0.3 is 0 Å². The Morgan fingerprint density at radius 1 is 1.35 bits per heavy atom. The summed E-state index contributed by atoms with van der Waals surface area (Å²) in [5.74, 6) is 0.117. The first-order chi connectivity index (χ1) is 8.22. The Labute approximate surface area is 105 Å². The molecule has 0 aliphatic carbocycles. The molecule has 1 rings (SSSR count). The van der Waals surface area contributed by atoms with Crippen LogP contribution < -0.4 is 10.6 Å². The van der Waals surface area contributed by atoms with Crippen LogP contribution in [0.15, 0.2) is 0 Å². The molecule has 0 aromatic carbocycles. The molecule has 1 aliphatic rings. The number of carbonyl (C=O) groups excluding carboxylic acids is 1. The van der Waals surface area contributed by atoms with Crippen molar-refractivity contribution in [1.29, 1.82) is 0 Å². The van der Waals surface area contributed by atoms with Gasteiger partial charge in [0.25, 0.3) is 0 Å². The fourth-order valence-corrected chi connectivity index (χ4v) is 2.15. The molecule has 2 N–H and O–H groups in total. The molecule has 0 spiro atoms. The second-order valence-electron chi connectivity index (χ2n) is 4.99. The van der Waals surface area contributed by atoms with Crippen molar-refractivity contribution in [2.45, 2.75) is 45.6 Å². The van der Waals surface area contributed by atoms with E-state index < -0.39 is 0 Å². The minimum atomic E-state index is 0.117. The second-order valence-corrected chi connectivity index (χ2v) is 4.99. The Bertz CT molecular complexity index is 215. The maximum atomic E-state index is 11.5. The van der Waals surface area contributed by atoms with E-state index in [1.165, 1.54) is 25.9 Å². The predicted molar refractivity (Wildman–Crippen MR) is 71.1 cm³/mol. The molecule has 100 valence electrons. The first kappa shape index (κ1) is 14.5. The van der Waals surface area contributed by atoms with Crippen LogP contribution in [0.1, 0.15) is 39.5 Å². The summed E-state index contributed by atoms with van der Waals surface area (Å²) in [5, 5.41) is 6.20. The van der Waals surface area contributed by atoms with Crippen molar-refractivity contribution in [1.82, 2.24) is 15.5 Å². The van der Waals surface area contributed by atoms with Crippen LogP contribution in [-0.4, -0.2) is 49.6 Å². The van der Waals surface area contributed by atoms with E-state index >= 15 is 0 Å². The largest absolute Gasteiger partial charge is 0.355 e. The van der Waals surface area contributed by atoms with Crippen LogP contribution in [0.4, 0.5) is 0 Å². The molecule has 1 aliphatic heterocycles. The van der Waals surface area contributed by atoms with Crippen LogP contribution in [0.25, 0.3) is 0 Å². The van der Waals surface area contributed by atoms with Crippen LogP contribution >= 0.6 is 0 Å². The number of unbranched alkanes of at least 4 members (excludes halogenated alkanes) is 1. The first-order valence-electron chi connectivity index (χ1n) is 6.94. The number of carbonyl (C=O) groups is 1. The molecule has 0 saturated carbocycles. The molecule has 4 heteroatoms. The van der Waals surface area contributed by atoms with Crippen molar-refractivity contribution in [3.05, 3.63) is 0 Å². The van der Waals surface area contributed by atoms with E-state index in [4.69, 9.17) is 0 Å². The number of nitrogens with one attached hydrogen (secondary N) is 2. The predicted octanol–water partition coefficient (Wildman–Crippen LogP) is 0.977. The van der Waals surface area contributed by atoms with Crippen LogP contribution in [-0.2, 0) is 4.79 Å². The van der Waals surface area contributed by atoms with Crippen LogP contribution in [0.3, 0.4) is 0 Å². The molecular formula is C13H27N3O. The third-order valence-electron chi connectivity index (χ3n) is 3.19. The number of likely N-dealkylation sites (tertiary alicyclic amines) is 1. The van der Waals surface area contributed by atoms with Gasteiger partial charge in [0.15, 0.2) is 0 Å². The highest BCUT2D eigenvalue weighted by molar-refractivity contribution is 5.77. The number of amides is 1. The van der Waals surface area contributed by atoms with Gasteiger partial charge in [-0.25, -0.2) is 0 Å². The van der Waals surface area contributed by atoms with Crippen molar-refractivity contribution in [3.63, 3.8) is 0 Å². The Morgan fingerprint density at radius 3 is 2.71 bits per heavy atom. The molecular weight excluding hydrogens is 214 g/mol. The molecule has 0 aromatic rings. The lowest BCUT2D eigenvalue weighted by Crippen LogP contribution is -2.43. The average Bonchev–Trinajstić information content (AvgIpc) is 2.79. The maximum Gasteiger partial charge on any atom is 0.233 e. The molecule has 0 aromatic heterocycles. The van der Waals surface area contributed by atoms with Gasteiger partial charge in [-0.2, -0.15) is 0 Å². The molecule has 4 nitrogen and oxygen atoms in total. The third kappa shape index (κ3) is 6.64. The van der Waals surface area contributed by atoms with E-state index in [0.29, 0.717) is 12.6 Å². The molecule has 1 heterocycles. The van der Waals surface area contributed by atoms with E-state index in [1.807, 2.05) is 0 Å². The second kappa shape index (κ2) is 8.48. The SMILES string of the molecule is CCCCNC(=O)CNC(C)CN1CCCC1. The zero-order chi connectivity index (χ0) is 12.5. The fourth-order valence-electron chi connectivity index (χ4n) is 2.15. The van der Waals surface area contributed by atoms with E-state index in [9.17, 15) is 4.79 Å². The highest BCUT2D eigenvalue weighted by Crippen LogP contribution is 2.07. The molecule has 17 heavy (non-hydrogen) atoms. The Balaban J connectivity index is 2.01. The monoisotopic (exact) mass is 241 g/mol. The maximum absolute atomic E-state index is 11.5. The topological polar surface area (TPSA) is 44.4 Å². The summed E-state index contributed by atoms with van der Waals surface area (Å²) in [6, 6.07) is 0.394. The summed E-state index contributed by atoms with van der Waals surface area (Å²) in [4.78, 5) is 13.9. The zero-order valence-electron chi connectivity index (χ0n) is 11.3. The fraction of sp³-hybridized carbons (Fsp3) is 0.923. The molecule has 1 saturated heterocycles. The minimum Gasteiger partial charge on any atom is -0.355 e. The van der Waals surface area contributed by atoms with Gasteiger partial charge in [-0.15, -0.1) is 0 Å². The Hall–Kier alpha value is -0.610. The van der Waals surface area contributed by atoms with E-state index in [0.717, 1.165) is 25.9 Å². The minimum absolute atomic E-state index is 0.117. The van der Waals surface area contributed by atoms with Crippen molar-refractivity contribution in [3.8, 4) is 0 Å². The van der Waals surface area contributed by atoms with Gasteiger partial charge in [0, 0.05) is 19.1 Å². The van der Waals surface area contributed by atoms with Gasteiger partial charge in [-0.1, -0.05) is 13.3 Å². The quantitative estimate of drug-likeness (QED) is 0.623. The van der Waals surface area contributed by atoms with Gasteiger partial charge in [0.2, 0.25) is 5.91 Å². The van der Waals surface area contributed by atoms with E-state index in [1.54, 1.807) is 0 Å². The molecule has 1 atom stereocenters. The van der Waals surface area contributed by atoms with Gasteiger partial charge < -0.3 is 15.5 Å². The number of nitrogens with zero attached hydrogens (tertiary/aromatic N) is 1. The van der Waals surface area contributed by atoms with E-state index in [-0.39, 0.29) is 5.91 Å².